The van der Waals surface area contributed by atoms with E-state index >= 15 is 0 Å². The smallest absolute Gasteiger partial charge is 0.0834 e. The summed E-state index contributed by atoms with van der Waals surface area (Å²) in [5.41, 5.74) is 2.07. The number of aliphatic hydroxyl groups is 1. The molecule has 2 unspecified atom stereocenters. The van der Waals surface area contributed by atoms with Gasteiger partial charge in [0, 0.05) is 11.6 Å². The lowest BCUT2D eigenvalue weighted by molar-refractivity contribution is -0.157. The average Bonchev–Trinajstić information content (AvgIpc) is 2.36. The lowest BCUT2D eigenvalue weighted by Crippen LogP contribution is -2.46. The van der Waals surface area contributed by atoms with Crippen molar-refractivity contribution < 1.29 is 9.84 Å². The molecule has 104 valence electrons. The van der Waals surface area contributed by atoms with Crippen LogP contribution in [0.3, 0.4) is 0 Å². The largest absolute Gasteiger partial charge is 0.388 e. The third kappa shape index (κ3) is 2.54. The fraction of sp³-hybridized carbons (Fsp3) is 0.625. The Bertz CT molecular complexity index is 468. The molecule has 1 spiro atoms. The summed E-state index contributed by atoms with van der Waals surface area (Å²) in [5, 5.41) is 11.3. The lowest BCUT2D eigenvalue weighted by atomic mass is 9.70. The van der Waals surface area contributed by atoms with E-state index in [4.69, 9.17) is 16.3 Å². The van der Waals surface area contributed by atoms with Crippen molar-refractivity contribution in [1.82, 2.24) is 0 Å². The molecule has 1 aromatic rings. The molecule has 1 heterocycles. The standard InChI is InChI=1S/C16H21ClO2/c1-11-3-4-13(14(17)9-11)15(18)12-5-8-19-16(10-12)6-2-7-16/h3-4,9,12,15,18H,2,5-8,10H2,1H3. The van der Waals surface area contributed by atoms with Crippen LogP contribution in [0.2, 0.25) is 5.02 Å². The zero-order valence-electron chi connectivity index (χ0n) is 11.4. The van der Waals surface area contributed by atoms with Crippen molar-refractivity contribution >= 4 is 11.6 Å². The molecule has 2 aliphatic rings. The van der Waals surface area contributed by atoms with Gasteiger partial charge in [-0.2, -0.15) is 0 Å². The molecule has 1 aliphatic heterocycles. The zero-order valence-corrected chi connectivity index (χ0v) is 12.1. The maximum atomic E-state index is 10.6. The van der Waals surface area contributed by atoms with Crippen molar-refractivity contribution in [1.29, 1.82) is 0 Å². The molecule has 1 aromatic carbocycles. The van der Waals surface area contributed by atoms with Crippen LogP contribution in [0, 0.1) is 12.8 Å². The van der Waals surface area contributed by atoms with Gasteiger partial charge < -0.3 is 9.84 Å². The quantitative estimate of drug-likeness (QED) is 0.886. The van der Waals surface area contributed by atoms with E-state index in [0.717, 1.165) is 43.4 Å². The molecular weight excluding hydrogens is 260 g/mol. The fourth-order valence-electron chi connectivity index (χ4n) is 3.38. The highest BCUT2D eigenvalue weighted by atomic mass is 35.5. The van der Waals surface area contributed by atoms with Crippen LogP contribution in [0.15, 0.2) is 18.2 Å². The summed E-state index contributed by atoms with van der Waals surface area (Å²) >= 11 is 6.27. The first kappa shape index (κ1) is 13.4. The molecule has 0 amide bonds. The van der Waals surface area contributed by atoms with Gasteiger partial charge in [-0.3, -0.25) is 0 Å². The van der Waals surface area contributed by atoms with Gasteiger partial charge in [0.25, 0.3) is 0 Å². The fourth-order valence-corrected chi connectivity index (χ4v) is 3.73. The number of benzene rings is 1. The summed E-state index contributed by atoms with van der Waals surface area (Å²) in [4.78, 5) is 0. The number of rotatable bonds is 2. The van der Waals surface area contributed by atoms with Crippen molar-refractivity contribution in [2.24, 2.45) is 5.92 Å². The molecule has 1 saturated carbocycles. The molecule has 0 radical (unpaired) electrons. The van der Waals surface area contributed by atoms with Crippen LogP contribution in [0.25, 0.3) is 0 Å². The summed E-state index contributed by atoms with van der Waals surface area (Å²) in [6.45, 7) is 2.78. The van der Waals surface area contributed by atoms with Crippen LogP contribution >= 0.6 is 11.6 Å². The van der Waals surface area contributed by atoms with E-state index in [1.54, 1.807) is 0 Å². The van der Waals surface area contributed by atoms with Gasteiger partial charge in [0.15, 0.2) is 0 Å². The Balaban J connectivity index is 1.77. The minimum absolute atomic E-state index is 0.0705. The van der Waals surface area contributed by atoms with Gasteiger partial charge in [-0.05, 0) is 62.1 Å². The first-order valence-corrected chi connectivity index (χ1v) is 7.56. The van der Waals surface area contributed by atoms with Gasteiger partial charge in [-0.15, -0.1) is 0 Å². The van der Waals surface area contributed by atoms with E-state index in [-0.39, 0.29) is 11.5 Å². The summed E-state index contributed by atoms with van der Waals surface area (Å²) in [6, 6.07) is 5.91. The molecule has 2 fully saturated rings. The van der Waals surface area contributed by atoms with Crippen molar-refractivity contribution in [2.45, 2.75) is 50.7 Å². The third-order valence-electron chi connectivity index (χ3n) is 4.72. The van der Waals surface area contributed by atoms with Crippen LogP contribution in [-0.2, 0) is 4.74 Å². The highest BCUT2D eigenvalue weighted by Gasteiger charge is 2.44. The van der Waals surface area contributed by atoms with Gasteiger partial charge in [-0.25, -0.2) is 0 Å². The van der Waals surface area contributed by atoms with Crippen LogP contribution < -0.4 is 0 Å². The van der Waals surface area contributed by atoms with Crippen molar-refractivity contribution in [2.75, 3.05) is 6.61 Å². The highest BCUT2D eigenvalue weighted by Crippen LogP contribution is 2.47. The molecule has 2 nitrogen and oxygen atoms in total. The number of hydrogen-bond donors (Lipinski definition) is 1. The minimum Gasteiger partial charge on any atom is -0.388 e. The number of aryl methyl sites for hydroxylation is 1. The van der Waals surface area contributed by atoms with E-state index < -0.39 is 6.10 Å². The first-order chi connectivity index (χ1) is 9.10. The molecule has 0 aromatic heterocycles. The zero-order chi connectivity index (χ0) is 13.5. The maximum absolute atomic E-state index is 10.6. The topological polar surface area (TPSA) is 29.5 Å². The van der Waals surface area contributed by atoms with Crippen LogP contribution in [0.4, 0.5) is 0 Å². The van der Waals surface area contributed by atoms with Gasteiger partial charge in [0.2, 0.25) is 0 Å². The predicted octanol–water partition coefficient (Wildman–Crippen LogP) is 4.03. The van der Waals surface area contributed by atoms with Gasteiger partial charge >= 0.3 is 0 Å². The van der Waals surface area contributed by atoms with E-state index in [0.29, 0.717) is 5.02 Å². The Kier molecular flexibility index (Phi) is 3.59. The van der Waals surface area contributed by atoms with Crippen LogP contribution in [0.5, 0.6) is 0 Å². The molecule has 0 bridgehead atoms. The second-order valence-electron chi connectivity index (χ2n) is 6.11. The second-order valence-corrected chi connectivity index (χ2v) is 6.51. The molecule has 3 rings (SSSR count). The summed E-state index contributed by atoms with van der Waals surface area (Å²) in [7, 11) is 0. The van der Waals surface area contributed by atoms with Gasteiger partial charge in [-0.1, -0.05) is 23.7 Å². The SMILES string of the molecule is Cc1ccc(C(O)C2CCOC3(CCC3)C2)c(Cl)c1. The molecule has 19 heavy (non-hydrogen) atoms. The van der Waals surface area contributed by atoms with Crippen molar-refractivity contribution in [3.63, 3.8) is 0 Å². The number of aliphatic hydroxyl groups excluding tert-OH is 1. The van der Waals surface area contributed by atoms with Crippen LogP contribution in [-0.4, -0.2) is 17.3 Å². The third-order valence-corrected chi connectivity index (χ3v) is 5.04. The first-order valence-electron chi connectivity index (χ1n) is 7.18. The Morgan fingerprint density at radius 1 is 1.42 bits per heavy atom. The molecule has 3 heteroatoms. The van der Waals surface area contributed by atoms with Crippen molar-refractivity contribution in [3.8, 4) is 0 Å². The Morgan fingerprint density at radius 3 is 2.84 bits per heavy atom. The summed E-state index contributed by atoms with van der Waals surface area (Å²) in [5.74, 6) is 0.272. The van der Waals surface area contributed by atoms with Crippen molar-refractivity contribution in [3.05, 3.63) is 34.3 Å². The maximum Gasteiger partial charge on any atom is 0.0834 e. The minimum atomic E-state index is -0.463. The van der Waals surface area contributed by atoms with E-state index in [1.807, 2.05) is 25.1 Å². The van der Waals surface area contributed by atoms with E-state index in [9.17, 15) is 5.11 Å². The van der Waals surface area contributed by atoms with E-state index in [1.165, 1.54) is 6.42 Å². The Hall–Kier alpha value is -0.570. The number of ether oxygens (including phenoxy) is 1. The Morgan fingerprint density at radius 2 is 2.21 bits per heavy atom. The number of halogens is 1. The monoisotopic (exact) mass is 280 g/mol. The van der Waals surface area contributed by atoms with Gasteiger partial charge in [0.1, 0.15) is 0 Å². The second kappa shape index (κ2) is 5.08. The predicted molar refractivity (Wildman–Crippen MR) is 76.4 cm³/mol. The van der Waals surface area contributed by atoms with E-state index in [2.05, 4.69) is 0 Å². The van der Waals surface area contributed by atoms with Gasteiger partial charge in [0.05, 0.1) is 11.7 Å². The summed E-state index contributed by atoms with van der Waals surface area (Å²) < 4.78 is 5.92. The number of hydrogen-bond acceptors (Lipinski definition) is 2. The molecule has 2 atom stereocenters. The Labute approximate surface area is 119 Å². The highest BCUT2D eigenvalue weighted by molar-refractivity contribution is 6.31. The molecule has 1 aliphatic carbocycles. The molecular formula is C16H21ClO2. The normalized spacial score (nSPS) is 27.0. The van der Waals surface area contributed by atoms with Crippen LogP contribution in [0.1, 0.15) is 49.3 Å². The molecule has 1 N–H and O–H groups in total. The summed E-state index contributed by atoms with van der Waals surface area (Å²) in [6.07, 6.45) is 4.99. The molecule has 1 saturated heterocycles. The average molecular weight is 281 g/mol. The lowest BCUT2D eigenvalue weighted by Gasteiger charge is -2.48.